The summed E-state index contributed by atoms with van der Waals surface area (Å²) in [7, 11) is 0. The van der Waals surface area contributed by atoms with E-state index in [-0.39, 0.29) is 11.0 Å². The third-order valence-electron chi connectivity index (χ3n) is 5.87. The normalized spacial score (nSPS) is 23.0. The summed E-state index contributed by atoms with van der Waals surface area (Å²) in [6, 6.07) is 2.25. The Hall–Kier alpha value is -0.990. The van der Waals surface area contributed by atoms with Crippen molar-refractivity contribution in [3.8, 4) is 0 Å². The van der Waals surface area contributed by atoms with Gasteiger partial charge < -0.3 is 0 Å². The molecule has 2 saturated carbocycles. The van der Waals surface area contributed by atoms with Gasteiger partial charge in [0.05, 0.1) is 6.04 Å². The Morgan fingerprint density at radius 2 is 1.50 bits per heavy atom. The summed E-state index contributed by atoms with van der Waals surface area (Å²) in [6.07, 6.45) is 12.0. The predicted molar refractivity (Wildman–Crippen MR) is 91.3 cm³/mol. The number of rotatable bonds is 3. The molecule has 0 bridgehead atoms. The van der Waals surface area contributed by atoms with E-state index in [9.17, 15) is 4.79 Å². The molecule has 0 aliphatic heterocycles. The van der Waals surface area contributed by atoms with E-state index in [1.165, 1.54) is 57.8 Å². The van der Waals surface area contributed by atoms with Crippen LogP contribution in [-0.4, -0.2) is 9.78 Å². The first-order valence-corrected chi connectivity index (χ1v) is 9.29. The van der Waals surface area contributed by atoms with Gasteiger partial charge in [-0.15, -0.1) is 0 Å². The molecular formula is C19H32N2O. The fraction of sp³-hybridized carbons (Fsp3) is 0.842. The summed E-state index contributed by atoms with van der Waals surface area (Å²) in [5, 5.41) is 3.50. The largest absolute Gasteiger partial charge is 0.299 e. The van der Waals surface area contributed by atoms with E-state index >= 15 is 0 Å². The van der Waals surface area contributed by atoms with Gasteiger partial charge in [-0.2, -0.15) is 0 Å². The number of aromatic amines is 1. The molecule has 2 aliphatic rings. The van der Waals surface area contributed by atoms with Crippen LogP contribution in [0.2, 0.25) is 0 Å². The van der Waals surface area contributed by atoms with Crippen LogP contribution in [0.5, 0.6) is 0 Å². The van der Waals surface area contributed by atoms with Crippen molar-refractivity contribution in [1.82, 2.24) is 9.78 Å². The Balaban J connectivity index is 1.94. The lowest BCUT2D eigenvalue weighted by Gasteiger charge is -2.34. The van der Waals surface area contributed by atoms with E-state index in [1.54, 1.807) is 0 Å². The molecule has 3 nitrogen and oxygen atoms in total. The summed E-state index contributed by atoms with van der Waals surface area (Å²) in [5.74, 6) is 1.40. The molecule has 2 fully saturated rings. The average Bonchev–Trinajstić information content (AvgIpc) is 3.11. The summed E-state index contributed by atoms with van der Waals surface area (Å²) >= 11 is 0. The van der Waals surface area contributed by atoms with Crippen LogP contribution in [0.1, 0.15) is 90.3 Å². The molecule has 1 aromatic rings. The minimum Gasteiger partial charge on any atom is -0.299 e. The molecule has 0 saturated heterocycles. The lowest BCUT2D eigenvalue weighted by atomic mass is 9.78. The zero-order valence-corrected chi connectivity index (χ0v) is 14.5. The van der Waals surface area contributed by atoms with Crippen LogP contribution >= 0.6 is 0 Å². The standard InChI is InChI=1S/C19H32N2O/c1-19(2,3)16-13-17(22)21(20-16)18(15-11-7-8-12-15)14-9-5-4-6-10-14/h13-15,18,20H,4-12H2,1-3H3. The SMILES string of the molecule is CC(C)(C)c1cc(=O)n(C(C2CCCCC2)C2CCCC2)[nH]1. The van der Waals surface area contributed by atoms with Crippen molar-refractivity contribution >= 4 is 0 Å². The first kappa shape index (κ1) is 15.9. The van der Waals surface area contributed by atoms with Crippen LogP contribution < -0.4 is 5.56 Å². The molecule has 1 aromatic heterocycles. The van der Waals surface area contributed by atoms with Crippen LogP contribution in [0.3, 0.4) is 0 Å². The number of H-pyrrole nitrogens is 1. The Morgan fingerprint density at radius 3 is 1.95 bits per heavy atom. The molecule has 3 rings (SSSR count). The molecule has 0 spiro atoms. The maximum absolute atomic E-state index is 12.7. The molecule has 3 heteroatoms. The van der Waals surface area contributed by atoms with Gasteiger partial charge in [0.15, 0.2) is 0 Å². The second-order valence-corrected chi connectivity index (χ2v) is 8.56. The highest BCUT2D eigenvalue weighted by Crippen LogP contribution is 2.43. The van der Waals surface area contributed by atoms with Crippen molar-refractivity contribution in [2.24, 2.45) is 11.8 Å². The van der Waals surface area contributed by atoms with Gasteiger partial charge in [-0.25, -0.2) is 4.68 Å². The highest BCUT2D eigenvalue weighted by molar-refractivity contribution is 5.11. The fourth-order valence-corrected chi connectivity index (χ4v) is 4.60. The highest BCUT2D eigenvalue weighted by atomic mass is 16.1. The van der Waals surface area contributed by atoms with E-state index in [0.717, 1.165) is 5.69 Å². The summed E-state index contributed by atoms with van der Waals surface area (Å²) < 4.78 is 2.02. The summed E-state index contributed by atoms with van der Waals surface area (Å²) in [5.41, 5.74) is 1.28. The molecule has 1 N–H and O–H groups in total. The molecule has 0 aromatic carbocycles. The first-order valence-electron chi connectivity index (χ1n) is 9.29. The van der Waals surface area contributed by atoms with Crippen LogP contribution in [0.4, 0.5) is 0 Å². The van der Waals surface area contributed by atoms with Crippen molar-refractivity contribution in [1.29, 1.82) is 0 Å². The zero-order chi connectivity index (χ0) is 15.7. The topological polar surface area (TPSA) is 37.8 Å². The van der Waals surface area contributed by atoms with Crippen molar-refractivity contribution in [2.75, 3.05) is 0 Å². The number of nitrogens with zero attached hydrogens (tertiary/aromatic N) is 1. The average molecular weight is 304 g/mol. The van der Waals surface area contributed by atoms with Crippen LogP contribution in [-0.2, 0) is 5.41 Å². The molecule has 22 heavy (non-hydrogen) atoms. The van der Waals surface area contributed by atoms with E-state index in [4.69, 9.17) is 0 Å². The molecule has 0 radical (unpaired) electrons. The van der Waals surface area contributed by atoms with Gasteiger partial charge in [-0.1, -0.05) is 52.9 Å². The summed E-state index contributed by atoms with van der Waals surface area (Å²) in [6.45, 7) is 6.52. The Labute approximate surface area is 134 Å². The minimum absolute atomic E-state index is 0.0111. The van der Waals surface area contributed by atoms with Crippen molar-refractivity contribution in [3.63, 3.8) is 0 Å². The number of nitrogens with one attached hydrogen (secondary N) is 1. The minimum atomic E-state index is 0.0111. The highest BCUT2D eigenvalue weighted by Gasteiger charge is 2.35. The predicted octanol–water partition coefficient (Wildman–Crippen LogP) is 4.79. The zero-order valence-electron chi connectivity index (χ0n) is 14.5. The van der Waals surface area contributed by atoms with E-state index in [1.807, 2.05) is 10.7 Å². The fourth-order valence-electron chi connectivity index (χ4n) is 4.60. The van der Waals surface area contributed by atoms with Crippen molar-refractivity contribution < 1.29 is 0 Å². The van der Waals surface area contributed by atoms with E-state index in [2.05, 4.69) is 25.9 Å². The molecule has 2 aliphatic carbocycles. The van der Waals surface area contributed by atoms with Crippen molar-refractivity contribution in [3.05, 3.63) is 22.1 Å². The second kappa shape index (κ2) is 6.25. The van der Waals surface area contributed by atoms with Gasteiger partial charge in [0.2, 0.25) is 0 Å². The molecule has 1 unspecified atom stereocenters. The molecular weight excluding hydrogens is 272 g/mol. The van der Waals surface area contributed by atoms with Crippen LogP contribution in [0, 0.1) is 11.8 Å². The Bertz CT molecular complexity index is 537. The molecule has 1 atom stereocenters. The summed E-state index contributed by atoms with van der Waals surface area (Å²) in [4.78, 5) is 12.7. The quantitative estimate of drug-likeness (QED) is 0.857. The van der Waals surface area contributed by atoms with Crippen molar-refractivity contribution in [2.45, 2.75) is 90.0 Å². The number of aromatic nitrogens is 2. The van der Waals surface area contributed by atoms with Gasteiger partial charge >= 0.3 is 0 Å². The Morgan fingerprint density at radius 1 is 1.00 bits per heavy atom. The monoisotopic (exact) mass is 304 g/mol. The van der Waals surface area contributed by atoms with Gasteiger partial charge in [0.1, 0.15) is 0 Å². The van der Waals surface area contributed by atoms with Gasteiger partial charge in [0.25, 0.3) is 5.56 Å². The van der Waals surface area contributed by atoms with Gasteiger partial charge in [-0.05, 0) is 37.5 Å². The van der Waals surface area contributed by atoms with Gasteiger partial charge in [-0.3, -0.25) is 9.89 Å². The van der Waals surface area contributed by atoms with Crippen LogP contribution in [0.25, 0.3) is 0 Å². The molecule has 0 amide bonds. The van der Waals surface area contributed by atoms with E-state index < -0.39 is 0 Å². The lowest BCUT2D eigenvalue weighted by Crippen LogP contribution is -2.34. The molecule has 124 valence electrons. The maximum atomic E-state index is 12.7. The molecule has 1 heterocycles. The van der Waals surface area contributed by atoms with Crippen LogP contribution in [0.15, 0.2) is 10.9 Å². The first-order chi connectivity index (χ1) is 10.5. The lowest BCUT2D eigenvalue weighted by molar-refractivity contribution is 0.165. The van der Waals surface area contributed by atoms with Gasteiger partial charge in [0, 0.05) is 17.2 Å². The Kier molecular flexibility index (Phi) is 4.52. The van der Waals surface area contributed by atoms with E-state index in [0.29, 0.717) is 17.9 Å². The second-order valence-electron chi connectivity index (χ2n) is 8.56. The maximum Gasteiger partial charge on any atom is 0.267 e. The number of hydrogen-bond donors (Lipinski definition) is 1. The third-order valence-corrected chi connectivity index (χ3v) is 5.87. The number of hydrogen-bond acceptors (Lipinski definition) is 1. The smallest absolute Gasteiger partial charge is 0.267 e. The third kappa shape index (κ3) is 3.18.